The van der Waals surface area contributed by atoms with Crippen molar-refractivity contribution in [3.05, 3.63) is 27.8 Å². The summed E-state index contributed by atoms with van der Waals surface area (Å²) in [4.78, 5) is 25.7. The Hall–Kier alpha value is -1.11. The molecule has 1 saturated heterocycles. The minimum Gasteiger partial charge on any atom is -0.340 e. The van der Waals surface area contributed by atoms with Gasteiger partial charge in [0.25, 0.3) is 5.91 Å². The van der Waals surface area contributed by atoms with E-state index in [1.165, 1.54) is 0 Å². The number of anilines is 1. The number of piperazine rings is 1. The maximum absolute atomic E-state index is 12.4. The molecule has 1 N–H and O–H groups in total. The van der Waals surface area contributed by atoms with E-state index in [4.69, 9.17) is 0 Å². The second kappa shape index (κ2) is 4.87. The molecule has 0 bridgehead atoms. The van der Waals surface area contributed by atoms with Crippen molar-refractivity contribution >= 4 is 40.1 Å². The van der Waals surface area contributed by atoms with Gasteiger partial charge in [-0.1, -0.05) is 13.0 Å². The molecule has 1 aromatic rings. The first-order valence-corrected chi connectivity index (χ1v) is 6.93. The summed E-state index contributed by atoms with van der Waals surface area (Å²) < 4.78 is 1.04. The van der Waals surface area contributed by atoms with Crippen LogP contribution in [0.25, 0.3) is 0 Å². The first kappa shape index (κ1) is 13.3. The van der Waals surface area contributed by atoms with Crippen molar-refractivity contribution in [2.75, 3.05) is 11.4 Å². The van der Waals surface area contributed by atoms with E-state index in [0.717, 1.165) is 9.26 Å². The third kappa shape index (κ3) is 2.36. The van der Waals surface area contributed by atoms with E-state index in [1.54, 1.807) is 11.8 Å². The second-order valence-electron chi connectivity index (χ2n) is 4.61. The number of hydrogen-bond donors (Lipinski definition) is 1. The van der Waals surface area contributed by atoms with E-state index >= 15 is 0 Å². The van der Waals surface area contributed by atoms with E-state index in [9.17, 15) is 9.59 Å². The third-order valence-corrected chi connectivity index (χ3v) is 3.93. The molecule has 1 atom stereocenters. The zero-order chi connectivity index (χ0) is 13.3. The normalized spacial score (nSPS) is 24.1. The molecular formula is C13H15IN2O2. The summed E-state index contributed by atoms with van der Waals surface area (Å²) in [6, 6.07) is 7.61. The summed E-state index contributed by atoms with van der Waals surface area (Å²) >= 11 is 2.19. The van der Waals surface area contributed by atoms with Gasteiger partial charge in [-0.2, -0.15) is 0 Å². The van der Waals surface area contributed by atoms with Crippen LogP contribution in [-0.4, -0.2) is 23.9 Å². The average Bonchev–Trinajstić information content (AvgIpc) is 2.34. The average molecular weight is 358 g/mol. The maximum atomic E-state index is 12.4. The van der Waals surface area contributed by atoms with Crippen molar-refractivity contribution in [3.8, 4) is 0 Å². The van der Waals surface area contributed by atoms with Crippen LogP contribution in [0.1, 0.15) is 20.3 Å². The molecule has 1 aliphatic heterocycles. The number of amides is 2. The van der Waals surface area contributed by atoms with Gasteiger partial charge in [0.1, 0.15) is 12.1 Å². The van der Waals surface area contributed by atoms with Crippen LogP contribution in [0.5, 0.6) is 0 Å². The Bertz CT molecular complexity index is 504. The van der Waals surface area contributed by atoms with Crippen molar-refractivity contribution in [1.29, 1.82) is 0 Å². The van der Waals surface area contributed by atoms with Gasteiger partial charge in [0, 0.05) is 9.26 Å². The fourth-order valence-corrected chi connectivity index (χ4v) is 2.53. The lowest BCUT2D eigenvalue weighted by molar-refractivity contribution is -0.135. The van der Waals surface area contributed by atoms with Crippen LogP contribution >= 0.6 is 22.6 Å². The van der Waals surface area contributed by atoms with E-state index in [-0.39, 0.29) is 18.4 Å². The third-order valence-electron chi connectivity index (χ3n) is 3.26. The molecule has 1 fully saturated rings. The number of hydrogen-bond acceptors (Lipinski definition) is 2. The largest absolute Gasteiger partial charge is 0.340 e. The van der Waals surface area contributed by atoms with Gasteiger partial charge in [0.05, 0.1) is 0 Å². The summed E-state index contributed by atoms with van der Waals surface area (Å²) in [6.07, 6.45) is 0.581. The lowest BCUT2D eigenvalue weighted by Crippen LogP contribution is -2.65. The molecule has 18 heavy (non-hydrogen) atoms. The number of halogens is 1. The molecule has 1 unspecified atom stereocenters. The lowest BCUT2D eigenvalue weighted by atomic mass is 9.94. The molecule has 5 heteroatoms. The molecule has 0 aliphatic carbocycles. The number of carbonyl (C=O) groups is 2. The highest BCUT2D eigenvalue weighted by Crippen LogP contribution is 2.24. The Labute approximate surface area is 120 Å². The van der Waals surface area contributed by atoms with Gasteiger partial charge in [0.15, 0.2) is 0 Å². The number of nitrogens with one attached hydrogen (secondary N) is 1. The molecular weight excluding hydrogens is 343 g/mol. The number of benzene rings is 1. The van der Waals surface area contributed by atoms with Crippen LogP contribution in [-0.2, 0) is 9.59 Å². The molecule has 0 radical (unpaired) electrons. The molecule has 1 aromatic carbocycles. The zero-order valence-corrected chi connectivity index (χ0v) is 12.5. The Morgan fingerprint density at radius 2 is 2.17 bits per heavy atom. The first-order valence-electron chi connectivity index (χ1n) is 5.85. The molecule has 1 aliphatic rings. The van der Waals surface area contributed by atoms with Gasteiger partial charge in [-0.25, -0.2) is 0 Å². The van der Waals surface area contributed by atoms with E-state index in [0.29, 0.717) is 6.42 Å². The summed E-state index contributed by atoms with van der Waals surface area (Å²) in [5.74, 6) is -0.163. The van der Waals surface area contributed by atoms with Crippen molar-refractivity contribution in [2.24, 2.45) is 0 Å². The smallest absolute Gasteiger partial charge is 0.252 e. The highest BCUT2D eigenvalue weighted by Gasteiger charge is 2.42. The monoisotopic (exact) mass is 358 g/mol. The standard InChI is InChI=1S/C13H15IN2O2/c1-3-13(2)12(18)16(8-11(17)15-13)10-6-4-5-9(14)7-10/h4-7H,3,8H2,1-2H3,(H,15,17). The minimum absolute atomic E-state index is 0.0494. The number of carbonyl (C=O) groups excluding carboxylic acids is 2. The van der Waals surface area contributed by atoms with Gasteiger partial charge in [-0.15, -0.1) is 0 Å². The molecule has 96 valence electrons. The van der Waals surface area contributed by atoms with E-state index in [2.05, 4.69) is 27.9 Å². The van der Waals surface area contributed by atoms with Crippen LogP contribution in [0, 0.1) is 3.57 Å². The quantitative estimate of drug-likeness (QED) is 0.822. The van der Waals surface area contributed by atoms with Crippen molar-refractivity contribution < 1.29 is 9.59 Å². The van der Waals surface area contributed by atoms with Crippen LogP contribution in [0.15, 0.2) is 24.3 Å². The van der Waals surface area contributed by atoms with Crippen LogP contribution in [0.4, 0.5) is 5.69 Å². The minimum atomic E-state index is -0.795. The zero-order valence-electron chi connectivity index (χ0n) is 10.4. The highest BCUT2D eigenvalue weighted by atomic mass is 127. The molecule has 0 spiro atoms. The Kier molecular flexibility index (Phi) is 3.61. The second-order valence-corrected chi connectivity index (χ2v) is 5.85. The predicted octanol–water partition coefficient (Wildman–Crippen LogP) is 1.92. The molecule has 2 rings (SSSR count). The molecule has 0 aromatic heterocycles. The highest BCUT2D eigenvalue weighted by molar-refractivity contribution is 14.1. The predicted molar refractivity (Wildman–Crippen MR) is 78.4 cm³/mol. The Morgan fingerprint density at radius 3 is 2.78 bits per heavy atom. The summed E-state index contributed by atoms with van der Waals surface area (Å²) in [6.45, 7) is 3.76. The topological polar surface area (TPSA) is 49.4 Å². The first-order chi connectivity index (χ1) is 8.46. The van der Waals surface area contributed by atoms with Crippen LogP contribution in [0.2, 0.25) is 0 Å². The van der Waals surface area contributed by atoms with Gasteiger partial charge in [0.2, 0.25) is 5.91 Å². The molecule has 1 heterocycles. The fourth-order valence-electron chi connectivity index (χ4n) is 2.01. The van der Waals surface area contributed by atoms with Crippen molar-refractivity contribution in [2.45, 2.75) is 25.8 Å². The fraction of sp³-hybridized carbons (Fsp3) is 0.385. The Balaban J connectivity index is 2.38. The summed E-state index contributed by atoms with van der Waals surface area (Å²) in [5.41, 5.74) is -0.0159. The van der Waals surface area contributed by atoms with Crippen LogP contribution in [0.3, 0.4) is 0 Å². The lowest BCUT2D eigenvalue weighted by Gasteiger charge is -2.39. The SMILES string of the molecule is CCC1(C)NC(=O)CN(c2cccc(I)c2)C1=O. The molecule has 2 amide bonds. The summed E-state index contributed by atoms with van der Waals surface area (Å²) in [5, 5.41) is 2.77. The van der Waals surface area contributed by atoms with Crippen molar-refractivity contribution in [3.63, 3.8) is 0 Å². The molecule has 4 nitrogen and oxygen atoms in total. The van der Waals surface area contributed by atoms with Gasteiger partial charge in [-0.05, 0) is 54.1 Å². The number of rotatable bonds is 2. The maximum Gasteiger partial charge on any atom is 0.252 e. The number of nitrogens with zero attached hydrogens (tertiary/aromatic N) is 1. The molecule has 0 saturated carbocycles. The van der Waals surface area contributed by atoms with Gasteiger partial charge >= 0.3 is 0 Å². The summed E-state index contributed by atoms with van der Waals surface area (Å²) in [7, 11) is 0. The van der Waals surface area contributed by atoms with E-state index in [1.807, 2.05) is 31.2 Å². The Morgan fingerprint density at radius 1 is 1.44 bits per heavy atom. The van der Waals surface area contributed by atoms with Gasteiger partial charge < -0.3 is 10.2 Å². The van der Waals surface area contributed by atoms with Crippen molar-refractivity contribution in [1.82, 2.24) is 5.32 Å². The van der Waals surface area contributed by atoms with Crippen LogP contribution < -0.4 is 10.2 Å². The van der Waals surface area contributed by atoms with E-state index < -0.39 is 5.54 Å². The van der Waals surface area contributed by atoms with Gasteiger partial charge in [-0.3, -0.25) is 9.59 Å².